The van der Waals surface area contributed by atoms with Gasteiger partial charge in [0.2, 0.25) is 0 Å². The molecule has 1 aliphatic carbocycles. The average Bonchev–Trinajstić information content (AvgIpc) is 2.53. The summed E-state index contributed by atoms with van der Waals surface area (Å²) in [6.45, 7) is 0.574. The van der Waals surface area contributed by atoms with Gasteiger partial charge in [0.15, 0.2) is 11.5 Å². The van der Waals surface area contributed by atoms with Gasteiger partial charge in [0.25, 0.3) is 5.69 Å². The molecule has 0 N–H and O–H groups in total. The standard InChI is InChI=1S/C15H21NO4S/c1-19-14-9-12(16(17)18)5-6-13(14)20-10-15(11-21)7-3-2-4-8-15/h5-6,9,21H,2-4,7-8,10-11H2,1H3. The van der Waals surface area contributed by atoms with Crippen molar-refractivity contribution in [3.63, 3.8) is 0 Å². The van der Waals surface area contributed by atoms with E-state index in [0.29, 0.717) is 18.1 Å². The van der Waals surface area contributed by atoms with E-state index in [4.69, 9.17) is 9.47 Å². The van der Waals surface area contributed by atoms with Gasteiger partial charge in [-0.05, 0) is 24.7 Å². The Labute approximate surface area is 130 Å². The first-order chi connectivity index (χ1) is 10.1. The van der Waals surface area contributed by atoms with Crippen LogP contribution in [0.1, 0.15) is 32.1 Å². The van der Waals surface area contributed by atoms with E-state index in [2.05, 4.69) is 12.6 Å². The molecule has 1 aliphatic rings. The number of thiol groups is 1. The fourth-order valence-corrected chi connectivity index (χ4v) is 3.18. The van der Waals surface area contributed by atoms with Crippen LogP contribution in [0.4, 0.5) is 5.69 Å². The maximum atomic E-state index is 10.8. The molecule has 0 radical (unpaired) electrons. The fraction of sp³-hybridized carbons (Fsp3) is 0.600. The highest BCUT2D eigenvalue weighted by Gasteiger charge is 2.32. The Morgan fingerprint density at radius 1 is 1.29 bits per heavy atom. The molecule has 1 aromatic carbocycles. The molecule has 0 heterocycles. The Kier molecular flexibility index (Phi) is 5.33. The summed E-state index contributed by atoms with van der Waals surface area (Å²) in [6.07, 6.45) is 5.93. The van der Waals surface area contributed by atoms with Crippen LogP contribution >= 0.6 is 12.6 Å². The molecule has 0 amide bonds. The molecule has 5 nitrogen and oxygen atoms in total. The molecule has 1 fully saturated rings. The smallest absolute Gasteiger partial charge is 0.273 e. The van der Waals surface area contributed by atoms with E-state index < -0.39 is 4.92 Å². The monoisotopic (exact) mass is 311 g/mol. The van der Waals surface area contributed by atoms with Gasteiger partial charge in [0.1, 0.15) is 0 Å². The van der Waals surface area contributed by atoms with E-state index in [1.807, 2.05) is 0 Å². The van der Waals surface area contributed by atoms with Crippen LogP contribution < -0.4 is 9.47 Å². The lowest BCUT2D eigenvalue weighted by Crippen LogP contribution is -2.33. The van der Waals surface area contributed by atoms with Crippen molar-refractivity contribution >= 4 is 18.3 Å². The highest BCUT2D eigenvalue weighted by atomic mass is 32.1. The Morgan fingerprint density at radius 3 is 2.57 bits per heavy atom. The zero-order chi connectivity index (χ0) is 15.3. The number of non-ortho nitro benzene ring substituents is 1. The van der Waals surface area contributed by atoms with E-state index >= 15 is 0 Å². The Hall–Kier alpha value is -1.43. The quantitative estimate of drug-likeness (QED) is 0.492. The van der Waals surface area contributed by atoms with Gasteiger partial charge in [-0.15, -0.1) is 0 Å². The molecule has 0 aromatic heterocycles. The molecule has 1 saturated carbocycles. The van der Waals surface area contributed by atoms with Crippen molar-refractivity contribution in [3.8, 4) is 11.5 Å². The van der Waals surface area contributed by atoms with Crippen LogP contribution in [0.15, 0.2) is 18.2 Å². The predicted molar refractivity (Wildman–Crippen MR) is 84.5 cm³/mol. The molecule has 6 heteroatoms. The largest absolute Gasteiger partial charge is 0.493 e. The molecule has 116 valence electrons. The zero-order valence-corrected chi connectivity index (χ0v) is 13.1. The third-order valence-electron chi connectivity index (χ3n) is 4.14. The lowest BCUT2D eigenvalue weighted by molar-refractivity contribution is -0.385. The summed E-state index contributed by atoms with van der Waals surface area (Å²) in [5, 5.41) is 10.8. The number of rotatable bonds is 6. The molecule has 21 heavy (non-hydrogen) atoms. The first kappa shape index (κ1) is 15.9. The maximum absolute atomic E-state index is 10.8. The molecular weight excluding hydrogens is 290 g/mol. The molecule has 0 bridgehead atoms. The van der Waals surface area contributed by atoms with Crippen molar-refractivity contribution < 1.29 is 14.4 Å². The van der Waals surface area contributed by atoms with Crippen LogP contribution in [0.3, 0.4) is 0 Å². The SMILES string of the molecule is COc1cc([N+](=O)[O-])ccc1OCC1(CS)CCCCC1. The van der Waals surface area contributed by atoms with Gasteiger partial charge in [0, 0.05) is 11.5 Å². The van der Waals surface area contributed by atoms with Crippen LogP contribution in [0.5, 0.6) is 11.5 Å². The van der Waals surface area contributed by atoms with Gasteiger partial charge in [0.05, 0.1) is 24.7 Å². The van der Waals surface area contributed by atoms with Gasteiger partial charge in [-0.3, -0.25) is 10.1 Å². The molecule has 0 aliphatic heterocycles. The molecule has 0 spiro atoms. The molecule has 2 rings (SSSR count). The number of methoxy groups -OCH3 is 1. The summed E-state index contributed by atoms with van der Waals surface area (Å²) in [6, 6.07) is 4.43. The van der Waals surface area contributed by atoms with Crippen molar-refractivity contribution in [2.75, 3.05) is 19.5 Å². The van der Waals surface area contributed by atoms with Crippen LogP contribution in [-0.2, 0) is 0 Å². The zero-order valence-electron chi connectivity index (χ0n) is 12.2. The number of nitrogens with zero attached hydrogens (tertiary/aromatic N) is 1. The molecular formula is C15H21NO4S. The highest BCUT2D eigenvalue weighted by Crippen LogP contribution is 2.39. The van der Waals surface area contributed by atoms with Gasteiger partial charge in [-0.1, -0.05) is 19.3 Å². The van der Waals surface area contributed by atoms with Gasteiger partial charge in [-0.25, -0.2) is 0 Å². The van der Waals surface area contributed by atoms with Gasteiger partial charge in [-0.2, -0.15) is 12.6 Å². The molecule has 0 saturated heterocycles. The number of hydrogen-bond donors (Lipinski definition) is 1. The third kappa shape index (κ3) is 3.81. The summed E-state index contributed by atoms with van der Waals surface area (Å²) in [7, 11) is 1.49. The summed E-state index contributed by atoms with van der Waals surface area (Å²) >= 11 is 4.49. The van der Waals surface area contributed by atoms with Crippen molar-refractivity contribution in [1.82, 2.24) is 0 Å². The number of nitro groups is 1. The number of benzene rings is 1. The molecule has 0 atom stereocenters. The van der Waals surface area contributed by atoms with Crippen molar-refractivity contribution in [2.45, 2.75) is 32.1 Å². The first-order valence-electron chi connectivity index (χ1n) is 7.16. The third-order valence-corrected chi connectivity index (χ3v) is 4.81. The first-order valence-corrected chi connectivity index (χ1v) is 7.79. The lowest BCUT2D eigenvalue weighted by atomic mass is 9.76. The second-order valence-corrected chi connectivity index (χ2v) is 5.92. The van der Waals surface area contributed by atoms with E-state index in [1.165, 1.54) is 38.5 Å². The second kappa shape index (κ2) is 7.02. The van der Waals surface area contributed by atoms with Crippen LogP contribution in [0.2, 0.25) is 0 Å². The Bertz CT molecular complexity index is 500. The van der Waals surface area contributed by atoms with Crippen molar-refractivity contribution in [3.05, 3.63) is 28.3 Å². The topological polar surface area (TPSA) is 61.6 Å². The maximum Gasteiger partial charge on any atom is 0.273 e. The molecule has 0 unspecified atom stereocenters. The Morgan fingerprint density at radius 2 is 2.00 bits per heavy atom. The van der Waals surface area contributed by atoms with Crippen LogP contribution in [0, 0.1) is 15.5 Å². The van der Waals surface area contributed by atoms with E-state index in [9.17, 15) is 10.1 Å². The summed E-state index contributed by atoms with van der Waals surface area (Å²) in [5.41, 5.74) is 0.106. The summed E-state index contributed by atoms with van der Waals surface area (Å²) in [5.74, 6) is 1.74. The summed E-state index contributed by atoms with van der Waals surface area (Å²) < 4.78 is 11.1. The van der Waals surface area contributed by atoms with E-state index in [0.717, 1.165) is 18.6 Å². The van der Waals surface area contributed by atoms with Crippen LogP contribution in [-0.4, -0.2) is 24.4 Å². The van der Waals surface area contributed by atoms with E-state index in [-0.39, 0.29) is 11.1 Å². The Balaban J connectivity index is 2.10. The summed E-state index contributed by atoms with van der Waals surface area (Å²) in [4.78, 5) is 10.3. The van der Waals surface area contributed by atoms with Crippen molar-refractivity contribution in [1.29, 1.82) is 0 Å². The number of nitro benzene ring substituents is 1. The van der Waals surface area contributed by atoms with Crippen LogP contribution in [0.25, 0.3) is 0 Å². The van der Waals surface area contributed by atoms with Crippen molar-refractivity contribution in [2.24, 2.45) is 5.41 Å². The minimum atomic E-state index is -0.442. The number of hydrogen-bond acceptors (Lipinski definition) is 5. The second-order valence-electron chi connectivity index (χ2n) is 5.60. The minimum Gasteiger partial charge on any atom is -0.493 e. The lowest BCUT2D eigenvalue weighted by Gasteiger charge is -2.35. The van der Waals surface area contributed by atoms with Gasteiger partial charge < -0.3 is 9.47 Å². The minimum absolute atomic E-state index is 0.000717. The number of ether oxygens (including phenoxy) is 2. The van der Waals surface area contributed by atoms with E-state index in [1.54, 1.807) is 6.07 Å². The van der Waals surface area contributed by atoms with Gasteiger partial charge >= 0.3 is 0 Å². The average molecular weight is 311 g/mol. The highest BCUT2D eigenvalue weighted by molar-refractivity contribution is 7.80. The fourth-order valence-electron chi connectivity index (χ4n) is 2.77. The molecule has 1 aromatic rings. The normalized spacial score (nSPS) is 17.2. The predicted octanol–water partition coefficient (Wildman–Crippen LogP) is 3.86.